The topological polar surface area (TPSA) is 50.2 Å². The van der Waals surface area contributed by atoms with E-state index in [1.807, 2.05) is 0 Å². The second-order valence-electron chi connectivity index (χ2n) is 5.77. The normalized spacial score (nSPS) is 11.2. The van der Waals surface area contributed by atoms with Gasteiger partial charge in [0, 0.05) is 17.3 Å². The second kappa shape index (κ2) is 5.66. The van der Waals surface area contributed by atoms with Crippen LogP contribution in [0.1, 0.15) is 5.69 Å². The van der Waals surface area contributed by atoms with Gasteiger partial charge in [-0.15, -0.1) is 0 Å². The largest absolute Gasteiger partial charge is 0.288 e. The summed E-state index contributed by atoms with van der Waals surface area (Å²) < 4.78 is 27.9. The fraction of sp³-hybridized carbons (Fsp3) is 0.0526. The molecular formula is C19H13F2N3O. The number of nitrogens with zero attached hydrogens (tertiary/aromatic N) is 2. The first-order chi connectivity index (χ1) is 12.0. The molecule has 0 aliphatic carbocycles. The summed E-state index contributed by atoms with van der Waals surface area (Å²) in [6.45, 7) is 1.74. The molecule has 6 heteroatoms. The molecule has 25 heavy (non-hydrogen) atoms. The van der Waals surface area contributed by atoms with Gasteiger partial charge < -0.3 is 0 Å². The van der Waals surface area contributed by atoms with E-state index < -0.39 is 0 Å². The monoisotopic (exact) mass is 337 g/mol. The van der Waals surface area contributed by atoms with Crippen LogP contribution in [0.3, 0.4) is 0 Å². The van der Waals surface area contributed by atoms with E-state index in [2.05, 4.69) is 10.1 Å². The number of halogens is 2. The first-order valence-corrected chi connectivity index (χ1v) is 7.67. The zero-order chi connectivity index (χ0) is 17.6. The van der Waals surface area contributed by atoms with Gasteiger partial charge in [0.05, 0.1) is 11.3 Å². The molecule has 0 saturated carbocycles. The molecule has 0 atom stereocenters. The number of nitrogens with one attached hydrogen (secondary N) is 1. The van der Waals surface area contributed by atoms with Gasteiger partial charge in [0.1, 0.15) is 11.6 Å². The van der Waals surface area contributed by atoms with E-state index in [0.717, 1.165) is 0 Å². The molecule has 0 aliphatic rings. The molecule has 2 aromatic carbocycles. The van der Waals surface area contributed by atoms with E-state index in [-0.39, 0.29) is 17.2 Å². The Morgan fingerprint density at radius 2 is 1.48 bits per heavy atom. The minimum atomic E-state index is -0.353. The fourth-order valence-electron chi connectivity index (χ4n) is 2.87. The lowest BCUT2D eigenvalue weighted by atomic mass is 10.0. The second-order valence-corrected chi connectivity index (χ2v) is 5.77. The van der Waals surface area contributed by atoms with Gasteiger partial charge in [-0.3, -0.25) is 9.89 Å². The maximum absolute atomic E-state index is 13.3. The van der Waals surface area contributed by atoms with Crippen LogP contribution in [0.25, 0.3) is 28.0 Å². The molecular weight excluding hydrogens is 324 g/mol. The van der Waals surface area contributed by atoms with Crippen molar-refractivity contribution >= 4 is 5.65 Å². The number of rotatable bonds is 2. The molecule has 2 aromatic heterocycles. The van der Waals surface area contributed by atoms with Gasteiger partial charge in [-0.25, -0.2) is 18.3 Å². The summed E-state index contributed by atoms with van der Waals surface area (Å²) in [6.07, 6.45) is 0. The van der Waals surface area contributed by atoms with E-state index in [4.69, 9.17) is 0 Å². The van der Waals surface area contributed by atoms with Crippen LogP contribution in [0.2, 0.25) is 0 Å². The summed E-state index contributed by atoms with van der Waals surface area (Å²) >= 11 is 0. The standard InChI is InChI=1S/C19H13F2N3O/c1-11-10-16(25)24-19(22-11)17(12-2-6-14(20)7-3-12)18(23-24)13-4-8-15(21)9-5-13/h2-10,23H,1H3. The number of H-pyrrole nitrogens is 1. The summed E-state index contributed by atoms with van der Waals surface area (Å²) in [4.78, 5) is 16.8. The molecule has 2 heterocycles. The zero-order valence-corrected chi connectivity index (χ0v) is 13.3. The molecule has 0 unspecified atom stereocenters. The Labute approximate surface area is 141 Å². The number of fused-ring (bicyclic) bond motifs is 1. The van der Waals surface area contributed by atoms with Gasteiger partial charge in [0.25, 0.3) is 5.56 Å². The Bertz CT molecular complexity index is 1130. The van der Waals surface area contributed by atoms with Crippen molar-refractivity contribution in [2.24, 2.45) is 0 Å². The highest BCUT2D eigenvalue weighted by molar-refractivity contribution is 5.90. The fourth-order valence-corrected chi connectivity index (χ4v) is 2.87. The average molecular weight is 337 g/mol. The van der Waals surface area contributed by atoms with Crippen LogP contribution < -0.4 is 5.56 Å². The highest BCUT2D eigenvalue weighted by atomic mass is 19.1. The van der Waals surface area contributed by atoms with Crippen LogP contribution in [0, 0.1) is 18.6 Å². The van der Waals surface area contributed by atoms with Gasteiger partial charge in [-0.2, -0.15) is 0 Å². The Kier molecular flexibility index (Phi) is 3.46. The van der Waals surface area contributed by atoms with E-state index in [1.54, 1.807) is 31.2 Å². The zero-order valence-electron chi connectivity index (χ0n) is 13.3. The number of hydrogen-bond acceptors (Lipinski definition) is 2. The summed E-state index contributed by atoms with van der Waals surface area (Å²) in [5.74, 6) is -0.706. The van der Waals surface area contributed by atoms with Crippen LogP contribution in [0.15, 0.2) is 59.4 Å². The molecule has 0 spiro atoms. The molecule has 4 nitrogen and oxygen atoms in total. The van der Waals surface area contributed by atoms with Crippen molar-refractivity contribution in [1.82, 2.24) is 14.6 Å². The third-order valence-corrected chi connectivity index (χ3v) is 4.01. The summed E-state index contributed by atoms with van der Waals surface area (Å²) in [6, 6.07) is 13.3. The van der Waals surface area contributed by atoms with Gasteiger partial charge in [0.2, 0.25) is 0 Å². The molecule has 0 bridgehead atoms. The first-order valence-electron chi connectivity index (χ1n) is 7.67. The molecule has 4 aromatic rings. The molecule has 4 rings (SSSR count). The summed E-state index contributed by atoms with van der Waals surface area (Å²) in [7, 11) is 0. The predicted octanol–water partition coefficient (Wildman–Crippen LogP) is 3.94. The van der Waals surface area contributed by atoms with Crippen LogP contribution >= 0.6 is 0 Å². The van der Waals surface area contributed by atoms with Crippen molar-refractivity contribution in [2.45, 2.75) is 6.92 Å². The molecule has 0 radical (unpaired) electrons. The highest BCUT2D eigenvalue weighted by Crippen LogP contribution is 2.34. The Balaban J connectivity index is 2.09. The van der Waals surface area contributed by atoms with Gasteiger partial charge >= 0.3 is 0 Å². The summed E-state index contributed by atoms with van der Waals surface area (Å²) in [5.41, 5.74) is 3.45. The molecule has 0 saturated heterocycles. The van der Waals surface area contributed by atoms with Crippen molar-refractivity contribution in [3.63, 3.8) is 0 Å². The lowest BCUT2D eigenvalue weighted by molar-refractivity contribution is 0.627. The van der Waals surface area contributed by atoms with Crippen LogP contribution in [0.4, 0.5) is 8.78 Å². The predicted molar refractivity (Wildman–Crippen MR) is 91.3 cm³/mol. The summed E-state index contributed by atoms with van der Waals surface area (Å²) in [5, 5.41) is 3.03. The maximum Gasteiger partial charge on any atom is 0.272 e. The number of aromatic amines is 1. The minimum absolute atomic E-state index is 0.251. The van der Waals surface area contributed by atoms with Crippen molar-refractivity contribution < 1.29 is 8.78 Å². The number of aromatic nitrogens is 3. The molecule has 124 valence electrons. The van der Waals surface area contributed by atoms with Crippen LogP contribution in [0.5, 0.6) is 0 Å². The van der Waals surface area contributed by atoms with Crippen LogP contribution in [-0.2, 0) is 0 Å². The highest BCUT2D eigenvalue weighted by Gasteiger charge is 2.18. The first kappa shape index (κ1) is 15.3. The van der Waals surface area contributed by atoms with E-state index in [0.29, 0.717) is 33.7 Å². The Morgan fingerprint density at radius 3 is 2.08 bits per heavy atom. The van der Waals surface area contributed by atoms with Gasteiger partial charge in [0.15, 0.2) is 5.65 Å². The van der Waals surface area contributed by atoms with Crippen molar-refractivity contribution in [3.8, 4) is 22.4 Å². The van der Waals surface area contributed by atoms with Crippen molar-refractivity contribution in [2.75, 3.05) is 0 Å². The Hall–Kier alpha value is -3.28. The SMILES string of the molecule is Cc1cc(=O)n2[nH]c(-c3ccc(F)cc3)c(-c3ccc(F)cc3)c2n1. The third-order valence-electron chi connectivity index (χ3n) is 4.01. The maximum atomic E-state index is 13.3. The number of benzene rings is 2. The minimum Gasteiger partial charge on any atom is -0.288 e. The molecule has 0 aliphatic heterocycles. The quantitative estimate of drug-likeness (QED) is 0.602. The van der Waals surface area contributed by atoms with Crippen molar-refractivity contribution in [3.05, 3.63) is 82.3 Å². The molecule has 0 fully saturated rings. The lowest BCUT2D eigenvalue weighted by Gasteiger charge is -2.04. The third kappa shape index (κ3) is 2.61. The lowest BCUT2D eigenvalue weighted by Crippen LogP contribution is -2.14. The molecule has 0 amide bonds. The van der Waals surface area contributed by atoms with E-state index >= 15 is 0 Å². The average Bonchev–Trinajstić information content (AvgIpc) is 2.96. The van der Waals surface area contributed by atoms with E-state index in [9.17, 15) is 13.6 Å². The van der Waals surface area contributed by atoms with Gasteiger partial charge in [-0.05, 0) is 48.9 Å². The smallest absolute Gasteiger partial charge is 0.272 e. The number of aryl methyl sites for hydroxylation is 1. The van der Waals surface area contributed by atoms with Crippen LogP contribution in [-0.4, -0.2) is 14.6 Å². The van der Waals surface area contributed by atoms with Gasteiger partial charge in [-0.1, -0.05) is 12.1 Å². The van der Waals surface area contributed by atoms with Crippen molar-refractivity contribution in [1.29, 1.82) is 0 Å². The van der Waals surface area contributed by atoms with E-state index in [1.165, 1.54) is 34.8 Å². The molecule has 1 N–H and O–H groups in total. The Morgan fingerprint density at radius 1 is 0.920 bits per heavy atom. The number of hydrogen-bond donors (Lipinski definition) is 1.